The van der Waals surface area contributed by atoms with Crippen LogP contribution >= 0.6 is 0 Å². The maximum atomic E-state index is 13.6. The molecule has 1 aromatic carbocycles. The van der Waals surface area contributed by atoms with E-state index in [1.165, 1.54) is 18.2 Å². The van der Waals surface area contributed by atoms with E-state index in [9.17, 15) is 18.8 Å². The summed E-state index contributed by atoms with van der Waals surface area (Å²) >= 11 is 0. The van der Waals surface area contributed by atoms with Crippen LogP contribution < -0.4 is 10.5 Å². The Morgan fingerprint density at radius 2 is 2.07 bits per heavy atom. The maximum absolute atomic E-state index is 13.6. The molecule has 2 atom stereocenters. The Kier molecular flexibility index (Phi) is 4.64. The van der Waals surface area contributed by atoms with Gasteiger partial charge in [-0.15, -0.1) is 0 Å². The number of carbonyl (C=O) groups is 1. The van der Waals surface area contributed by atoms with Crippen molar-refractivity contribution >= 4 is 11.4 Å². The van der Waals surface area contributed by atoms with Gasteiger partial charge in [0.05, 0.1) is 34.3 Å². The van der Waals surface area contributed by atoms with Crippen molar-refractivity contribution < 1.29 is 22.4 Å². The standard InChI is InChI=1S/C30H27F2N7O2/c1-15-19(11-35-27(36-15)30(34)12-29(2,13-30)14-33)16-7-8-39-20(9-16)24-18-10-21(25(24)37-39)38(3)26(40)17-5-4-6-22(23(17)18)41-28(31)32/h4-9,11,18,21,28H,10,12-13,34H2,1-3H3/t18-,21-,29?,30?/m1/s1/i3D3. The summed E-state index contributed by atoms with van der Waals surface area (Å²) in [5.74, 6) is -1.12. The van der Waals surface area contributed by atoms with Crippen LogP contribution in [0.4, 0.5) is 8.78 Å². The topological polar surface area (TPSA) is 122 Å². The lowest BCUT2D eigenvalue weighted by atomic mass is 9.59. The average Bonchev–Trinajstić information content (AvgIpc) is 3.44. The summed E-state index contributed by atoms with van der Waals surface area (Å²) in [4.78, 5) is 23.7. The maximum Gasteiger partial charge on any atom is 0.387 e. The number of aryl methyl sites for hydroxylation is 1. The number of nitriles is 1. The lowest BCUT2D eigenvalue weighted by molar-refractivity contribution is -0.0505. The number of pyridine rings is 1. The molecule has 0 radical (unpaired) electrons. The van der Waals surface area contributed by atoms with Gasteiger partial charge >= 0.3 is 6.61 Å². The summed E-state index contributed by atoms with van der Waals surface area (Å²) < 4.78 is 58.0. The quantitative estimate of drug-likeness (QED) is 0.380. The van der Waals surface area contributed by atoms with Gasteiger partial charge in [0.15, 0.2) is 0 Å². The molecule has 3 aromatic heterocycles. The van der Waals surface area contributed by atoms with Gasteiger partial charge in [0.1, 0.15) is 11.6 Å². The summed E-state index contributed by atoms with van der Waals surface area (Å²) in [6.07, 6.45) is 4.48. The number of nitrogens with zero attached hydrogens (tertiary/aromatic N) is 6. The summed E-state index contributed by atoms with van der Waals surface area (Å²) in [6, 6.07) is 9.31. The molecule has 41 heavy (non-hydrogen) atoms. The largest absolute Gasteiger partial charge is 0.434 e. The van der Waals surface area contributed by atoms with Crippen molar-refractivity contribution in [2.75, 3.05) is 6.98 Å². The molecule has 208 valence electrons. The van der Waals surface area contributed by atoms with Crippen LogP contribution in [0.5, 0.6) is 5.75 Å². The molecule has 1 saturated carbocycles. The van der Waals surface area contributed by atoms with Crippen molar-refractivity contribution in [2.24, 2.45) is 11.1 Å². The molecule has 1 fully saturated rings. The number of hydrogen-bond acceptors (Lipinski definition) is 7. The number of ether oxygens (including phenoxy) is 1. The minimum Gasteiger partial charge on any atom is -0.434 e. The van der Waals surface area contributed by atoms with E-state index in [4.69, 9.17) is 24.7 Å². The highest BCUT2D eigenvalue weighted by Crippen LogP contribution is 2.54. The monoisotopic (exact) mass is 558 g/mol. The molecule has 2 aliphatic carbocycles. The number of amides is 1. The van der Waals surface area contributed by atoms with Crippen molar-refractivity contribution in [3.8, 4) is 22.9 Å². The molecule has 7 rings (SSSR count). The Morgan fingerprint density at radius 3 is 2.78 bits per heavy atom. The van der Waals surface area contributed by atoms with Crippen LogP contribution in [0.3, 0.4) is 0 Å². The Balaban J connectivity index is 1.37. The molecule has 11 heteroatoms. The third-order valence-corrected chi connectivity index (χ3v) is 8.63. The normalized spacial score (nSPS) is 27.8. The van der Waals surface area contributed by atoms with E-state index in [0.717, 1.165) is 16.0 Å². The van der Waals surface area contributed by atoms with Gasteiger partial charge in [-0.05, 0) is 62.9 Å². The smallest absolute Gasteiger partial charge is 0.387 e. The molecule has 4 heterocycles. The number of aromatic nitrogens is 4. The summed E-state index contributed by atoms with van der Waals surface area (Å²) in [5, 5.41) is 14.1. The Bertz CT molecular complexity index is 1910. The van der Waals surface area contributed by atoms with E-state index in [1.54, 1.807) is 16.9 Å². The van der Waals surface area contributed by atoms with Gasteiger partial charge in [-0.1, -0.05) is 6.07 Å². The van der Waals surface area contributed by atoms with Crippen molar-refractivity contribution in [1.82, 2.24) is 24.5 Å². The van der Waals surface area contributed by atoms with Gasteiger partial charge in [-0.3, -0.25) is 4.79 Å². The highest BCUT2D eigenvalue weighted by Gasteiger charge is 2.53. The highest BCUT2D eigenvalue weighted by atomic mass is 19.3. The van der Waals surface area contributed by atoms with E-state index in [2.05, 4.69) is 11.1 Å². The van der Waals surface area contributed by atoms with Crippen LogP contribution in [0, 0.1) is 23.7 Å². The number of fused-ring (bicyclic) bond motifs is 9. The van der Waals surface area contributed by atoms with Crippen LogP contribution in [0.1, 0.15) is 81.0 Å². The fourth-order valence-corrected chi connectivity index (χ4v) is 6.92. The zero-order valence-electron chi connectivity index (χ0n) is 25.2. The summed E-state index contributed by atoms with van der Waals surface area (Å²) in [6.45, 7) is -2.24. The van der Waals surface area contributed by atoms with Crippen molar-refractivity contribution in [1.29, 1.82) is 5.26 Å². The molecule has 2 bridgehead atoms. The van der Waals surface area contributed by atoms with Crippen molar-refractivity contribution in [2.45, 2.75) is 57.2 Å². The first-order valence-corrected chi connectivity index (χ1v) is 13.2. The molecular formula is C30H27F2N7O2. The number of benzene rings is 1. The van der Waals surface area contributed by atoms with Crippen LogP contribution in [-0.2, 0) is 5.54 Å². The van der Waals surface area contributed by atoms with Gasteiger partial charge in [0.2, 0.25) is 0 Å². The second kappa shape index (κ2) is 8.54. The minimum absolute atomic E-state index is 0.00645. The number of nitrogens with two attached hydrogens (primary N) is 1. The summed E-state index contributed by atoms with van der Waals surface area (Å²) in [5.41, 5.74) is 9.31. The molecule has 0 unspecified atom stereocenters. The number of alkyl halides is 2. The second-order valence-electron chi connectivity index (χ2n) is 11.5. The molecule has 2 N–H and O–H groups in total. The number of hydrogen-bond donors (Lipinski definition) is 1. The lowest BCUT2D eigenvalue weighted by Crippen LogP contribution is -2.54. The Labute approximate surface area is 238 Å². The van der Waals surface area contributed by atoms with Gasteiger partial charge < -0.3 is 15.4 Å². The zero-order chi connectivity index (χ0) is 31.3. The predicted molar refractivity (Wildman–Crippen MR) is 144 cm³/mol. The van der Waals surface area contributed by atoms with Gasteiger partial charge in [-0.2, -0.15) is 19.1 Å². The van der Waals surface area contributed by atoms with Crippen LogP contribution in [0.15, 0.2) is 42.7 Å². The van der Waals surface area contributed by atoms with E-state index in [1.807, 2.05) is 26.0 Å². The lowest BCUT2D eigenvalue weighted by Gasteiger charge is -2.47. The molecule has 1 amide bonds. The predicted octanol–water partition coefficient (Wildman–Crippen LogP) is 4.84. The molecular weight excluding hydrogens is 528 g/mol. The van der Waals surface area contributed by atoms with Crippen molar-refractivity contribution in [3.05, 3.63) is 76.6 Å². The van der Waals surface area contributed by atoms with E-state index in [-0.39, 0.29) is 23.3 Å². The molecule has 0 spiro atoms. The van der Waals surface area contributed by atoms with Crippen LogP contribution in [0.2, 0.25) is 0 Å². The number of rotatable bonds is 4. The molecule has 3 aliphatic rings. The average molecular weight is 559 g/mol. The summed E-state index contributed by atoms with van der Waals surface area (Å²) in [7, 11) is 0. The van der Waals surface area contributed by atoms with Crippen molar-refractivity contribution in [3.63, 3.8) is 0 Å². The highest BCUT2D eigenvalue weighted by molar-refractivity contribution is 5.98. The third-order valence-electron chi connectivity index (χ3n) is 8.63. The van der Waals surface area contributed by atoms with E-state index in [0.29, 0.717) is 41.1 Å². The van der Waals surface area contributed by atoms with E-state index < -0.39 is 42.4 Å². The molecule has 0 saturated heterocycles. The van der Waals surface area contributed by atoms with Crippen LogP contribution in [0.25, 0.3) is 16.6 Å². The number of halogens is 2. The first-order valence-electron chi connectivity index (χ1n) is 14.7. The minimum atomic E-state index is -3.14. The SMILES string of the molecule is [2H]C([2H])([2H])N1C(=O)c2cccc(OC(F)F)c2[C@H]2C[C@@H]1c1nn3ccc(-c4cnc(C5(N)CC(C)(C#N)C5)nc4C)cc3c12. The second-order valence-corrected chi connectivity index (χ2v) is 11.5. The van der Waals surface area contributed by atoms with Crippen LogP contribution in [-0.4, -0.2) is 44.0 Å². The fourth-order valence-electron chi connectivity index (χ4n) is 6.92. The van der Waals surface area contributed by atoms with Gasteiger partial charge in [0, 0.05) is 57.3 Å². The molecule has 1 aliphatic heterocycles. The molecule has 4 aromatic rings. The molecule has 9 nitrogen and oxygen atoms in total. The zero-order valence-corrected chi connectivity index (χ0v) is 22.2. The fraction of sp³-hybridized carbons (Fsp3) is 0.367. The first-order chi connectivity index (χ1) is 20.7. The number of carbonyl (C=O) groups excluding carboxylic acids is 1. The first kappa shape index (κ1) is 22.3. The Morgan fingerprint density at radius 1 is 1.27 bits per heavy atom. The van der Waals surface area contributed by atoms with E-state index >= 15 is 0 Å². The van der Waals surface area contributed by atoms with Gasteiger partial charge in [0.25, 0.3) is 5.91 Å². The van der Waals surface area contributed by atoms with Gasteiger partial charge in [-0.25, -0.2) is 14.5 Å². The third kappa shape index (κ3) is 3.67. The Hall–Kier alpha value is -4.43.